The zero-order chi connectivity index (χ0) is 18.6. The van der Waals surface area contributed by atoms with E-state index in [1.54, 1.807) is 18.2 Å². The van der Waals surface area contributed by atoms with E-state index in [9.17, 15) is 19.8 Å². The van der Waals surface area contributed by atoms with Crippen molar-refractivity contribution in [3.63, 3.8) is 0 Å². The molecule has 0 unspecified atom stereocenters. The quantitative estimate of drug-likeness (QED) is 0.644. The highest BCUT2D eigenvalue weighted by Crippen LogP contribution is 2.31. The van der Waals surface area contributed by atoms with Crippen LogP contribution in [-0.4, -0.2) is 22.0 Å². The second-order valence-electron chi connectivity index (χ2n) is 6.83. The number of phenolic OH excluding ortho intramolecular Hbond substituents is 2. The highest BCUT2D eigenvalue weighted by atomic mass is 16.3. The Morgan fingerprint density at radius 3 is 2.36 bits per heavy atom. The number of phenols is 2. The third-order valence-electron chi connectivity index (χ3n) is 3.66. The Hall–Kier alpha value is -3.02. The number of carbonyl (C=O) groups is 2. The zero-order valence-electron chi connectivity index (χ0n) is 14.5. The predicted molar refractivity (Wildman–Crippen MR) is 94.2 cm³/mol. The maximum absolute atomic E-state index is 12.2. The fraction of sp³-hybridized carbons (Fsp3) is 0.263. The second-order valence-corrected chi connectivity index (χ2v) is 6.83. The van der Waals surface area contributed by atoms with Crippen LogP contribution in [0, 0.1) is 0 Å². The molecule has 0 spiro atoms. The Morgan fingerprint density at radius 2 is 1.72 bits per heavy atom. The molecular weight excluding hydrogens is 320 g/mol. The third-order valence-corrected chi connectivity index (χ3v) is 3.66. The van der Waals surface area contributed by atoms with Crippen molar-refractivity contribution in [3.8, 4) is 11.5 Å². The molecule has 132 valence electrons. The average molecular weight is 342 g/mol. The predicted octanol–water partition coefficient (Wildman–Crippen LogP) is 2.40. The Balaban J connectivity index is 1.99. The summed E-state index contributed by atoms with van der Waals surface area (Å²) in [5.74, 6) is -0.686. The molecule has 0 aliphatic rings. The van der Waals surface area contributed by atoms with Crippen LogP contribution in [0.4, 0.5) is 0 Å². The maximum atomic E-state index is 12.2. The summed E-state index contributed by atoms with van der Waals surface area (Å²) in [6.07, 6.45) is 0.0253. The van der Waals surface area contributed by atoms with Crippen molar-refractivity contribution in [3.05, 3.63) is 59.2 Å². The van der Waals surface area contributed by atoms with E-state index in [1.807, 2.05) is 20.8 Å². The van der Waals surface area contributed by atoms with Crippen LogP contribution in [0.25, 0.3) is 0 Å². The van der Waals surface area contributed by atoms with Gasteiger partial charge in [0.25, 0.3) is 5.91 Å². The van der Waals surface area contributed by atoms with Crippen molar-refractivity contribution >= 4 is 11.8 Å². The van der Waals surface area contributed by atoms with Gasteiger partial charge in [0.15, 0.2) is 0 Å². The number of rotatable bonds is 3. The summed E-state index contributed by atoms with van der Waals surface area (Å²) in [5.41, 5.74) is 5.98. The van der Waals surface area contributed by atoms with Crippen LogP contribution in [0.1, 0.15) is 42.3 Å². The SMILES string of the molecule is CC(C)(C)c1cc(C(=O)NNC(=O)Cc2cccc(O)c2)ccc1O. The topological polar surface area (TPSA) is 98.7 Å². The van der Waals surface area contributed by atoms with Gasteiger partial charge in [0.05, 0.1) is 6.42 Å². The molecule has 0 bridgehead atoms. The van der Waals surface area contributed by atoms with Crippen molar-refractivity contribution in [2.75, 3.05) is 0 Å². The second kappa shape index (κ2) is 7.25. The fourth-order valence-electron chi connectivity index (χ4n) is 2.37. The molecule has 0 atom stereocenters. The molecule has 0 aliphatic carbocycles. The molecule has 0 fully saturated rings. The van der Waals surface area contributed by atoms with Gasteiger partial charge in [-0.15, -0.1) is 0 Å². The Morgan fingerprint density at radius 1 is 1.00 bits per heavy atom. The molecule has 0 aromatic heterocycles. The molecule has 4 N–H and O–H groups in total. The number of amides is 2. The van der Waals surface area contributed by atoms with Gasteiger partial charge in [-0.1, -0.05) is 32.9 Å². The molecule has 0 saturated carbocycles. The first-order chi connectivity index (χ1) is 11.7. The first kappa shape index (κ1) is 18.3. The lowest BCUT2D eigenvalue weighted by Crippen LogP contribution is -2.42. The van der Waals surface area contributed by atoms with E-state index in [0.29, 0.717) is 16.7 Å². The summed E-state index contributed by atoms with van der Waals surface area (Å²) in [7, 11) is 0. The average Bonchev–Trinajstić information content (AvgIpc) is 2.52. The Bertz CT molecular complexity index is 794. The van der Waals surface area contributed by atoms with E-state index in [-0.39, 0.29) is 23.3 Å². The summed E-state index contributed by atoms with van der Waals surface area (Å²) in [4.78, 5) is 24.1. The molecule has 6 heteroatoms. The largest absolute Gasteiger partial charge is 0.508 e. The van der Waals surface area contributed by atoms with Gasteiger partial charge in [0, 0.05) is 11.1 Å². The lowest BCUT2D eigenvalue weighted by molar-refractivity contribution is -0.121. The van der Waals surface area contributed by atoms with E-state index in [2.05, 4.69) is 10.9 Å². The van der Waals surface area contributed by atoms with Crippen LogP contribution in [0.3, 0.4) is 0 Å². The van der Waals surface area contributed by atoms with Crippen LogP contribution >= 0.6 is 0 Å². The number of carbonyl (C=O) groups excluding carboxylic acids is 2. The van der Waals surface area contributed by atoms with Gasteiger partial charge >= 0.3 is 0 Å². The van der Waals surface area contributed by atoms with Crippen LogP contribution < -0.4 is 10.9 Å². The van der Waals surface area contributed by atoms with Crippen LogP contribution in [-0.2, 0) is 16.6 Å². The summed E-state index contributed by atoms with van der Waals surface area (Å²) >= 11 is 0. The molecule has 0 heterocycles. The number of hydrogen-bond acceptors (Lipinski definition) is 4. The van der Waals surface area contributed by atoms with Crippen molar-refractivity contribution < 1.29 is 19.8 Å². The number of hydrazine groups is 1. The standard InChI is InChI=1S/C19H22N2O4/c1-19(2,3)15-11-13(7-8-16(15)23)18(25)21-20-17(24)10-12-5-4-6-14(22)9-12/h4-9,11,22-23H,10H2,1-3H3,(H,20,24)(H,21,25). The van der Waals surface area contributed by atoms with Crippen LogP contribution in [0.5, 0.6) is 11.5 Å². The Labute approximate surface area is 146 Å². The first-order valence-corrected chi connectivity index (χ1v) is 7.87. The lowest BCUT2D eigenvalue weighted by Gasteiger charge is -2.21. The fourth-order valence-corrected chi connectivity index (χ4v) is 2.37. The van der Waals surface area contributed by atoms with Crippen LogP contribution in [0.15, 0.2) is 42.5 Å². The zero-order valence-corrected chi connectivity index (χ0v) is 14.5. The molecule has 2 rings (SSSR count). The van der Waals surface area contributed by atoms with Gasteiger partial charge in [-0.3, -0.25) is 20.4 Å². The summed E-state index contributed by atoms with van der Waals surface area (Å²) in [5, 5.41) is 19.3. The van der Waals surface area contributed by atoms with Gasteiger partial charge in [-0.25, -0.2) is 0 Å². The Kier molecular flexibility index (Phi) is 5.32. The van der Waals surface area contributed by atoms with E-state index in [0.717, 1.165) is 0 Å². The number of benzene rings is 2. The monoisotopic (exact) mass is 342 g/mol. The van der Waals surface area contributed by atoms with Crippen molar-refractivity contribution in [1.82, 2.24) is 10.9 Å². The summed E-state index contributed by atoms with van der Waals surface area (Å²) in [6, 6.07) is 10.9. The van der Waals surface area contributed by atoms with E-state index < -0.39 is 11.8 Å². The van der Waals surface area contributed by atoms with Gasteiger partial charge < -0.3 is 10.2 Å². The smallest absolute Gasteiger partial charge is 0.269 e. The number of aromatic hydroxyl groups is 2. The summed E-state index contributed by atoms with van der Waals surface area (Å²) in [6.45, 7) is 5.79. The molecule has 6 nitrogen and oxygen atoms in total. The summed E-state index contributed by atoms with van der Waals surface area (Å²) < 4.78 is 0. The minimum absolute atomic E-state index is 0.0253. The van der Waals surface area contributed by atoms with Crippen molar-refractivity contribution in [2.45, 2.75) is 32.6 Å². The minimum Gasteiger partial charge on any atom is -0.508 e. The molecule has 0 radical (unpaired) electrons. The molecule has 2 amide bonds. The maximum Gasteiger partial charge on any atom is 0.269 e. The van der Waals surface area contributed by atoms with Gasteiger partial charge in [0.2, 0.25) is 5.91 Å². The number of hydrogen-bond donors (Lipinski definition) is 4. The first-order valence-electron chi connectivity index (χ1n) is 7.87. The highest BCUT2D eigenvalue weighted by molar-refractivity contribution is 5.96. The lowest BCUT2D eigenvalue weighted by atomic mass is 9.85. The van der Waals surface area contributed by atoms with E-state index >= 15 is 0 Å². The van der Waals surface area contributed by atoms with Crippen molar-refractivity contribution in [2.24, 2.45) is 0 Å². The van der Waals surface area contributed by atoms with Gasteiger partial charge in [-0.05, 0) is 41.3 Å². The van der Waals surface area contributed by atoms with E-state index in [1.165, 1.54) is 24.3 Å². The molecule has 0 aliphatic heterocycles. The molecular formula is C19H22N2O4. The molecule has 0 saturated heterocycles. The molecule has 2 aromatic rings. The van der Waals surface area contributed by atoms with Gasteiger partial charge in [0.1, 0.15) is 11.5 Å². The van der Waals surface area contributed by atoms with Crippen LogP contribution in [0.2, 0.25) is 0 Å². The third kappa shape index (κ3) is 4.97. The highest BCUT2D eigenvalue weighted by Gasteiger charge is 2.20. The molecule has 2 aromatic carbocycles. The number of nitrogens with one attached hydrogen (secondary N) is 2. The van der Waals surface area contributed by atoms with Crippen molar-refractivity contribution in [1.29, 1.82) is 0 Å². The minimum atomic E-state index is -0.477. The normalized spacial score (nSPS) is 11.0. The van der Waals surface area contributed by atoms with E-state index in [4.69, 9.17) is 0 Å². The van der Waals surface area contributed by atoms with Gasteiger partial charge in [-0.2, -0.15) is 0 Å². The molecule has 25 heavy (non-hydrogen) atoms.